The largest absolute Gasteiger partial charge is 0.319 e. The Balaban J connectivity index is 2.40. The number of carbonyl (C=O) groups is 1. The van der Waals surface area contributed by atoms with Gasteiger partial charge < -0.3 is 5.32 Å². The Morgan fingerprint density at radius 2 is 1.48 bits per heavy atom. The van der Waals surface area contributed by atoms with E-state index in [1.807, 2.05) is 0 Å². The monoisotopic (exact) mass is 397 g/mol. The van der Waals surface area contributed by atoms with E-state index in [0.29, 0.717) is 0 Å². The van der Waals surface area contributed by atoms with Crippen LogP contribution in [0, 0.1) is 17.5 Å². The standard InChI is InChI=1S/C13H5BrCl2F3NO/c14-5-1-9(18)11(10(19)2-5)13(21)20-12-7(15)3-6(17)4-8(12)16/h1-4H,(H,20,21). The highest BCUT2D eigenvalue weighted by molar-refractivity contribution is 9.10. The quantitative estimate of drug-likeness (QED) is 0.718. The van der Waals surface area contributed by atoms with Crippen molar-refractivity contribution in [3.8, 4) is 0 Å². The molecule has 0 heterocycles. The molecule has 0 fully saturated rings. The summed E-state index contributed by atoms with van der Waals surface area (Å²) in [5.74, 6) is -3.92. The first-order valence-electron chi connectivity index (χ1n) is 5.40. The van der Waals surface area contributed by atoms with Crippen molar-refractivity contribution in [1.29, 1.82) is 0 Å². The van der Waals surface area contributed by atoms with Gasteiger partial charge in [0, 0.05) is 4.47 Å². The number of nitrogens with one attached hydrogen (secondary N) is 1. The van der Waals surface area contributed by atoms with Crippen LogP contribution in [-0.4, -0.2) is 5.91 Å². The molecule has 0 aliphatic heterocycles. The van der Waals surface area contributed by atoms with Gasteiger partial charge in [-0.1, -0.05) is 39.1 Å². The van der Waals surface area contributed by atoms with E-state index in [0.717, 1.165) is 24.3 Å². The van der Waals surface area contributed by atoms with Gasteiger partial charge in [0.1, 0.15) is 23.0 Å². The third-order valence-corrected chi connectivity index (χ3v) is 3.53. The maximum absolute atomic E-state index is 13.7. The number of hydrogen-bond donors (Lipinski definition) is 1. The second kappa shape index (κ2) is 6.25. The van der Waals surface area contributed by atoms with Crippen molar-refractivity contribution in [2.24, 2.45) is 0 Å². The first kappa shape index (κ1) is 16.1. The van der Waals surface area contributed by atoms with Gasteiger partial charge in [-0.15, -0.1) is 0 Å². The zero-order valence-electron chi connectivity index (χ0n) is 9.99. The van der Waals surface area contributed by atoms with Crippen LogP contribution in [0.2, 0.25) is 10.0 Å². The van der Waals surface area contributed by atoms with Crippen LogP contribution in [0.25, 0.3) is 0 Å². The van der Waals surface area contributed by atoms with Crippen LogP contribution in [0.5, 0.6) is 0 Å². The van der Waals surface area contributed by atoms with Crippen molar-refractivity contribution in [3.05, 3.63) is 61.8 Å². The van der Waals surface area contributed by atoms with Gasteiger partial charge in [-0.05, 0) is 24.3 Å². The molecule has 2 rings (SSSR count). The van der Waals surface area contributed by atoms with Crippen LogP contribution < -0.4 is 5.32 Å². The van der Waals surface area contributed by atoms with Crippen molar-refractivity contribution in [2.45, 2.75) is 0 Å². The lowest BCUT2D eigenvalue weighted by Crippen LogP contribution is -2.16. The third-order valence-electron chi connectivity index (χ3n) is 2.48. The molecule has 2 aromatic rings. The van der Waals surface area contributed by atoms with Gasteiger partial charge in [0.05, 0.1) is 15.7 Å². The molecule has 0 aromatic heterocycles. The Kier molecular flexibility index (Phi) is 4.81. The Morgan fingerprint density at radius 1 is 1.00 bits per heavy atom. The highest BCUT2D eigenvalue weighted by Gasteiger charge is 2.20. The number of carbonyl (C=O) groups excluding carboxylic acids is 1. The maximum Gasteiger partial charge on any atom is 0.261 e. The molecule has 0 atom stereocenters. The van der Waals surface area contributed by atoms with E-state index >= 15 is 0 Å². The molecule has 1 amide bonds. The zero-order chi connectivity index (χ0) is 15.7. The number of halogens is 6. The molecule has 0 unspecified atom stereocenters. The Labute approximate surface area is 136 Å². The smallest absolute Gasteiger partial charge is 0.261 e. The Bertz CT molecular complexity index is 693. The molecule has 2 nitrogen and oxygen atoms in total. The zero-order valence-corrected chi connectivity index (χ0v) is 13.1. The lowest BCUT2D eigenvalue weighted by atomic mass is 10.1. The summed E-state index contributed by atoms with van der Waals surface area (Å²) in [6, 6.07) is 3.70. The fraction of sp³-hybridized carbons (Fsp3) is 0. The number of anilines is 1. The summed E-state index contributed by atoms with van der Waals surface area (Å²) in [7, 11) is 0. The van der Waals surface area contributed by atoms with Crippen LogP contribution in [-0.2, 0) is 0 Å². The van der Waals surface area contributed by atoms with Gasteiger partial charge in [0.25, 0.3) is 5.91 Å². The highest BCUT2D eigenvalue weighted by Crippen LogP contribution is 2.32. The van der Waals surface area contributed by atoms with Crippen LogP contribution in [0.15, 0.2) is 28.7 Å². The van der Waals surface area contributed by atoms with Gasteiger partial charge in [-0.25, -0.2) is 13.2 Å². The molecule has 0 aliphatic rings. The molecule has 0 aliphatic carbocycles. The van der Waals surface area contributed by atoms with Crippen LogP contribution in [0.4, 0.5) is 18.9 Å². The highest BCUT2D eigenvalue weighted by atomic mass is 79.9. The second-order valence-electron chi connectivity index (χ2n) is 3.94. The van der Waals surface area contributed by atoms with Crippen LogP contribution in [0.3, 0.4) is 0 Å². The van der Waals surface area contributed by atoms with Gasteiger partial charge in [0.2, 0.25) is 0 Å². The summed E-state index contributed by atoms with van der Waals surface area (Å²) in [5.41, 5.74) is -0.930. The van der Waals surface area contributed by atoms with E-state index in [1.165, 1.54) is 0 Å². The van der Waals surface area contributed by atoms with Crippen molar-refractivity contribution < 1.29 is 18.0 Å². The summed E-state index contributed by atoms with van der Waals surface area (Å²) in [5, 5.41) is 1.78. The average molecular weight is 399 g/mol. The minimum absolute atomic E-state index is 0.133. The molecule has 0 saturated carbocycles. The van der Waals surface area contributed by atoms with Gasteiger partial charge in [0.15, 0.2) is 0 Å². The van der Waals surface area contributed by atoms with Crippen molar-refractivity contribution in [1.82, 2.24) is 0 Å². The van der Waals surface area contributed by atoms with Gasteiger partial charge in [-0.2, -0.15) is 0 Å². The molecule has 110 valence electrons. The van der Waals surface area contributed by atoms with Crippen LogP contribution >= 0.6 is 39.1 Å². The lowest BCUT2D eigenvalue weighted by Gasteiger charge is -2.11. The Morgan fingerprint density at radius 3 is 1.95 bits per heavy atom. The van der Waals surface area contributed by atoms with E-state index < -0.39 is 28.9 Å². The predicted molar refractivity (Wildman–Crippen MR) is 78.4 cm³/mol. The fourth-order valence-electron chi connectivity index (χ4n) is 1.60. The number of benzene rings is 2. The minimum atomic E-state index is -1.09. The summed E-state index contributed by atoms with van der Waals surface area (Å²) in [4.78, 5) is 11.9. The second-order valence-corrected chi connectivity index (χ2v) is 5.67. The SMILES string of the molecule is O=C(Nc1c(Cl)cc(F)cc1Cl)c1c(F)cc(Br)cc1F. The molecule has 0 spiro atoms. The summed E-state index contributed by atoms with van der Waals surface area (Å²) < 4.78 is 40.5. The first-order valence-corrected chi connectivity index (χ1v) is 6.95. The van der Waals surface area contributed by atoms with E-state index in [1.54, 1.807) is 0 Å². The minimum Gasteiger partial charge on any atom is -0.319 e. The number of hydrogen-bond acceptors (Lipinski definition) is 1. The molecule has 0 radical (unpaired) electrons. The molecule has 0 bridgehead atoms. The molecule has 0 saturated heterocycles. The van der Waals surface area contributed by atoms with Gasteiger partial charge >= 0.3 is 0 Å². The van der Waals surface area contributed by atoms with E-state index in [4.69, 9.17) is 23.2 Å². The van der Waals surface area contributed by atoms with Crippen molar-refractivity contribution in [2.75, 3.05) is 5.32 Å². The molecule has 1 N–H and O–H groups in total. The van der Waals surface area contributed by atoms with E-state index in [9.17, 15) is 18.0 Å². The normalized spacial score (nSPS) is 10.6. The Hall–Kier alpha value is -1.24. The molecular weight excluding hydrogens is 394 g/mol. The van der Waals surface area contributed by atoms with Crippen LogP contribution in [0.1, 0.15) is 10.4 Å². The average Bonchev–Trinajstić information content (AvgIpc) is 2.32. The lowest BCUT2D eigenvalue weighted by molar-refractivity contribution is 0.101. The van der Waals surface area contributed by atoms with Crippen molar-refractivity contribution in [3.63, 3.8) is 0 Å². The molecular formula is C13H5BrCl2F3NO. The predicted octanol–water partition coefficient (Wildman–Crippen LogP) is 5.43. The molecule has 21 heavy (non-hydrogen) atoms. The summed E-state index contributed by atoms with van der Waals surface area (Å²) in [6.45, 7) is 0. The van der Waals surface area contributed by atoms with E-state index in [-0.39, 0.29) is 20.2 Å². The molecule has 8 heteroatoms. The first-order chi connectivity index (χ1) is 9.79. The van der Waals surface area contributed by atoms with Gasteiger partial charge in [-0.3, -0.25) is 4.79 Å². The third kappa shape index (κ3) is 3.51. The molecule has 2 aromatic carbocycles. The summed E-state index contributed by atoms with van der Waals surface area (Å²) >= 11 is 14.4. The van der Waals surface area contributed by atoms with E-state index in [2.05, 4.69) is 21.2 Å². The fourth-order valence-corrected chi connectivity index (χ4v) is 2.55. The topological polar surface area (TPSA) is 29.1 Å². The van der Waals surface area contributed by atoms with Crippen molar-refractivity contribution >= 4 is 50.7 Å². The summed E-state index contributed by atoms with van der Waals surface area (Å²) in [6.07, 6.45) is 0. The number of amides is 1. The number of rotatable bonds is 2. The maximum atomic E-state index is 13.7.